The molecule has 0 spiro atoms. The third kappa shape index (κ3) is 7.43. The monoisotopic (exact) mass is 581 g/mol. The largest absolute Gasteiger partial charge is 0.352 e. The van der Waals surface area contributed by atoms with Crippen LogP contribution in [0.4, 0.5) is 5.69 Å². The molecule has 3 aromatic carbocycles. The van der Waals surface area contributed by atoms with E-state index in [1.807, 2.05) is 31.2 Å². The van der Waals surface area contributed by atoms with Gasteiger partial charge in [0.15, 0.2) is 0 Å². The molecule has 0 heterocycles. The first kappa shape index (κ1) is 29.6. The summed E-state index contributed by atoms with van der Waals surface area (Å²) in [5.41, 5.74) is 2.18. The summed E-state index contributed by atoms with van der Waals surface area (Å²) in [6.45, 7) is 3.33. The second-order valence-corrected chi connectivity index (χ2v) is 12.6. The third-order valence-electron chi connectivity index (χ3n) is 7.30. The summed E-state index contributed by atoms with van der Waals surface area (Å²) >= 11 is 6.22. The molecule has 1 N–H and O–H groups in total. The normalized spacial score (nSPS) is 14.8. The Labute approximate surface area is 242 Å². The first-order valence-electron chi connectivity index (χ1n) is 13.6. The van der Waals surface area contributed by atoms with Crippen LogP contribution in [0.5, 0.6) is 0 Å². The molecule has 1 saturated carbocycles. The highest BCUT2D eigenvalue weighted by Crippen LogP contribution is 2.27. The summed E-state index contributed by atoms with van der Waals surface area (Å²) in [6, 6.07) is 21.4. The van der Waals surface area contributed by atoms with Crippen molar-refractivity contribution in [3.8, 4) is 0 Å². The van der Waals surface area contributed by atoms with Crippen molar-refractivity contribution in [3.05, 3.63) is 95.0 Å². The Balaban J connectivity index is 1.66. The predicted molar refractivity (Wildman–Crippen MR) is 159 cm³/mol. The van der Waals surface area contributed by atoms with Gasteiger partial charge in [-0.15, -0.1) is 0 Å². The lowest BCUT2D eigenvalue weighted by Gasteiger charge is -2.33. The lowest BCUT2D eigenvalue weighted by atomic mass is 9.95. The molecule has 1 aliphatic carbocycles. The van der Waals surface area contributed by atoms with E-state index in [4.69, 9.17) is 11.6 Å². The number of hydrogen-bond acceptors (Lipinski definition) is 4. The molecule has 4 rings (SSSR count). The average Bonchev–Trinajstić information content (AvgIpc) is 2.96. The fourth-order valence-corrected chi connectivity index (χ4v) is 6.53. The molecule has 0 aliphatic heterocycles. The number of nitrogens with zero attached hydrogens (tertiary/aromatic N) is 2. The molecular weight excluding hydrogens is 546 g/mol. The number of anilines is 1. The number of sulfonamides is 1. The molecule has 40 heavy (non-hydrogen) atoms. The van der Waals surface area contributed by atoms with Gasteiger partial charge in [0.25, 0.3) is 10.0 Å². The first-order chi connectivity index (χ1) is 19.1. The molecule has 3 aromatic rings. The van der Waals surface area contributed by atoms with Gasteiger partial charge in [0.1, 0.15) is 12.6 Å². The smallest absolute Gasteiger partial charge is 0.264 e. The number of carbonyl (C=O) groups is 2. The van der Waals surface area contributed by atoms with Gasteiger partial charge >= 0.3 is 0 Å². The molecule has 1 fully saturated rings. The van der Waals surface area contributed by atoms with Crippen LogP contribution in [0, 0.1) is 6.92 Å². The summed E-state index contributed by atoms with van der Waals surface area (Å²) in [5, 5.41) is 3.46. The van der Waals surface area contributed by atoms with E-state index in [2.05, 4.69) is 5.32 Å². The lowest BCUT2D eigenvalue weighted by molar-refractivity contribution is -0.139. The first-order valence-corrected chi connectivity index (χ1v) is 15.5. The summed E-state index contributed by atoms with van der Waals surface area (Å²) in [4.78, 5) is 28.9. The van der Waals surface area contributed by atoms with Crippen LogP contribution < -0.4 is 9.62 Å². The zero-order valence-electron chi connectivity index (χ0n) is 22.9. The van der Waals surface area contributed by atoms with Crippen LogP contribution in [0.2, 0.25) is 5.02 Å². The van der Waals surface area contributed by atoms with Crippen molar-refractivity contribution in [2.45, 2.75) is 69.5 Å². The van der Waals surface area contributed by atoms with Crippen LogP contribution in [-0.2, 0) is 26.2 Å². The topological polar surface area (TPSA) is 86.8 Å². The Hall–Kier alpha value is -3.36. The Morgan fingerprint density at radius 2 is 1.62 bits per heavy atom. The highest BCUT2D eigenvalue weighted by atomic mass is 35.5. The van der Waals surface area contributed by atoms with Gasteiger partial charge in [-0.1, -0.05) is 85.0 Å². The molecule has 7 nitrogen and oxygen atoms in total. The molecule has 0 unspecified atom stereocenters. The summed E-state index contributed by atoms with van der Waals surface area (Å²) in [6.07, 6.45) is 5.13. The fraction of sp³-hybridized carbons (Fsp3) is 0.355. The molecule has 2 amide bonds. The molecule has 9 heteroatoms. The van der Waals surface area contributed by atoms with Gasteiger partial charge in [0, 0.05) is 17.6 Å². The quantitative estimate of drug-likeness (QED) is 0.332. The van der Waals surface area contributed by atoms with Crippen molar-refractivity contribution >= 4 is 39.1 Å². The maximum atomic E-state index is 14.0. The standard InChI is InChI=1S/C31H36ClN3O4S/c1-23-16-18-25(19-17-23)21-34(24(2)31(37)33-27-11-5-3-6-12-27)30(36)22-35(28-13-9-10-26(32)20-28)40(38,39)29-14-7-4-8-15-29/h4,7-10,13-20,24,27H,3,5-6,11-12,21-22H2,1-2H3,(H,33,37)/t24-/m0/s1. The van der Waals surface area contributed by atoms with E-state index < -0.39 is 28.5 Å². The van der Waals surface area contributed by atoms with Crippen molar-refractivity contribution in [1.82, 2.24) is 10.2 Å². The van der Waals surface area contributed by atoms with E-state index >= 15 is 0 Å². The van der Waals surface area contributed by atoms with E-state index in [1.54, 1.807) is 43.3 Å². The molecule has 1 aliphatic rings. The van der Waals surface area contributed by atoms with Crippen molar-refractivity contribution < 1.29 is 18.0 Å². The minimum absolute atomic E-state index is 0.0518. The highest BCUT2D eigenvalue weighted by Gasteiger charge is 2.33. The minimum atomic E-state index is -4.12. The van der Waals surface area contributed by atoms with E-state index in [0.717, 1.165) is 47.5 Å². The fourth-order valence-electron chi connectivity index (χ4n) is 4.92. The second kappa shape index (κ2) is 13.3. The Morgan fingerprint density at radius 3 is 2.27 bits per heavy atom. The van der Waals surface area contributed by atoms with Crippen LogP contribution in [-0.4, -0.2) is 43.8 Å². The number of hydrogen-bond donors (Lipinski definition) is 1. The van der Waals surface area contributed by atoms with Crippen LogP contribution in [0.1, 0.15) is 50.2 Å². The maximum Gasteiger partial charge on any atom is 0.264 e. The van der Waals surface area contributed by atoms with E-state index in [-0.39, 0.29) is 29.1 Å². The van der Waals surface area contributed by atoms with E-state index in [1.165, 1.54) is 23.1 Å². The molecule has 0 saturated heterocycles. The minimum Gasteiger partial charge on any atom is -0.352 e. The van der Waals surface area contributed by atoms with E-state index in [9.17, 15) is 18.0 Å². The predicted octanol–water partition coefficient (Wildman–Crippen LogP) is 5.71. The number of rotatable bonds is 10. The number of aryl methyl sites for hydroxylation is 1. The SMILES string of the molecule is Cc1ccc(CN(C(=O)CN(c2cccc(Cl)c2)S(=O)(=O)c2ccccc2)[C@@H](C)C(=O)NC2CCCCC2)cc1. The molecule has 0 bridgehead atoms. The second-order valence-electron chi connectivity index (χ2n) is 10.3. The number of carbonyl (C=O) groups excluding carboxylic acids is 2. The van der Waals surface area contributed by atoms with Crippen molar-refractivity contribution in [1.29, 1.82) is 0 Å². The Morgan fingerprint density at radius 1 is 0.950 bits per heavy atom. The average molecular weight is 582 g/mol. The zero-order chi connectivity index (χ0) is 28.7. The van der Waals surface area contributed by atoms with E-state index in [0.29, 0.717) is 5.02 Å². The van der Waals surface area contributed by atoms with Crippen molar-refractivity contribution in [3.63, 3.8) is 0 Å². The van der Waals surface area contributed by atoms with Gasteiger partial charge in [-0.2, -0.15) is 0 Å². The Bertz CT molecular complexity index is 1410. The van der Waals surface area contributed by atoms with Gasteiger partial charge < -0.3 is 10.2 Å². The maximum absolute atomic E-state index is 14.0. The van der Waals surface area contributed by atoms with Gasteiger partial charge in [-0.25, -0.2) is 8.42 Å². The van der Waals surface area contributed by atoms with Gasteiger partial charge in [0.2, 0.25) is 11.8 Å². The molecule has 212 valence electrons. The number of halogens is 1. The van der Waals surface area contributed by atoms with Crippen LogP contribution in [0.3, 0.4) is 0 Å². The van der Waals surface area contributed by atoms with Gasteiger partial charge in [-0.3, -0.25) is 13.9 Å². The van der Waals surface area contributed by atoms with Crippen molar-refractivity contribution in [2.75, 3.05) is 10.8 Å². The van der Waals surface area contributed by atoms with Crippen molar-refractivity contribution in [2.24, 2.45) is 0 Å². The highest BCUT2D eigenvalue weighted by molar-refractivity contribution is 7.92. The van der Waals surface area contributed by atoms with Crippen LogP contribution >= 0.6 is 11.6 Å². The summed E-state index contributed by atoms with van der Waals surface area (Å²) < 4.78 is 28.7. The lowest BCUT2D eigenvalue weighted by Crippen LogP contribution is -2.53. The number of amides is 2. The molecule has 1 atom stereocenters. The van der Waals surface area contributed by atoms with Gasteiger partial charge in [0.05, 0.1) is 10.6 Å². The van der Waals surface area contributed by atoms with Gasteiger partial charge in [-0.05, 0) is 62.6 Å². The summed E-state index contributed by atoms with van der Waals surface area (Å²) in [7, 11) is -4.12. The molecular formula is C31H36ClN3O4S. The number of benzene rings is 3. The zero-order valence-corrected chi connectivity index (χ0v) is 24.5. The summed E-state index contributed by atoms with van der Waals surface area (Å²) in [5.74, 6) is -0.737. The van der Waals surface area contributed by atoms with Crippen LogP contribution in [0.15, 0.2) is 83.8 Å². The Kier molecular flexibility index (Phi) is 9.87. The third-order valence-corrected chi connectivity index (χ3v) is 9.32. The molecule has 0 aromatic heterocycles. The molecule has 0 radical (unpaired) electrons. The number of nitrogens with one attached hydrogen (secondary N) is 1. The van der Waals surface area contributed by atoms with Crippen LogP contribution in [0.25, 0.3) is 0 Å².